The Balaban J connectivity index is 2.83. The van der Waals surface area contributed by atoms with E-state index < -0.39 is 11.4 Å². The molecule has 5 nitrogen and oxygen atoms in total. The van der Waals surface area contributed by atoms with Crippen LogP contribution in [0.3, 0.4) is 0 Å². The number of carbonyl (C=O) groups is 1. The van der Waals surface area contributed by atoms with Crippen LogP contribution in [-0.2, 0) is 9.53 Å². The van der Waals surface area contributed by atoms with Crippen LogP contribution in [0.5, 0.6) is 0 Å². The summed E-state index contributed by atoms with van der Waals surface area (Å²) in [4.78, 5) is 12.5. The Morgan fingerprint density at radius 3 is 2.81 bits per heavy atom. The van der Waals surface area contributed by atoms with Crippen molar-refractivity contribution in [3.8, 4) is 6.07 Å². The highest BCUT2D eigenvalue weighted by Crippen LogP contribution is 2.25. The van der Waals surface area contributed by atoms with Gasteiger partial charge in [-0.25, -0.2) is 4.39 Å². The number of nitrogens with one attached hydrogen (secondary N) is 1. The Hall–Kier alpha value is -1.78. The monoisotopic (exact) mass is 311 g/mol. The molecule has 7 heteroatoms. The van der Waals surface area contributed by atoms with Gasteiger partial charge in [-0.1, -0.05) is 13.3 Å². The molecule has 0 saturated heterocycles. The van der Waals surface area contributed by atoms with E-state index in [0.29, 0.717) is 11.3 Å². The van der Waals surface area contributed by atoms with Crippen LogP contribution in [0.25, 0.3) is 0 Å². The van der Waals surface area contributed by atoms with Crippen molar-refractivity contribution in [3.63, 3.8) is 0 Å². The first-order chi connectivity index (χ1) is 9.87. The molecule has 3 N–H and O–H groups in total. The maximum atomic E-state index is 13.5. The van der Waals surface area contributed by atoms with Crippen LogP contribution in [0.15, 0.2) is 17.0 Å². The Labute approximate surface area is 127 Å². The Morgan fingerprint density at radius 2 is 2.29 bits per heavy atom. The van der Waals surface area contributed by atoms with Gasteiger partial charge in [0.2, 0.25) is 0 Å². The number of ether oxygens (including phenoxy) is 1. The largest absolute Gasteiger partial charge is 0.395 e. The van der Waals surface area contributed by atoms with Gasteiger partial charge in [0.15, 0.2) is 0 Å². The van der Waals surface area contributed by atoms with Gasteiger partial charge in [0.25, 0.3) is 5.91 Å². The molecule has 21 heavy (non-hydrogen) atoms. The molecule has 1 amide bonds. The number of benzene rings is 1. The molecule has 0 heterocycles. The van der Waals surface area contributed by atoms with Crippen molar-refractivity contribution >= 4 is 23.5 Å². The lowest BCUT2D eigenvalue weighted by Crippen LogP contribution is -2.43. The van der Waals surface area contributed by atoms with Crippen LogP contribution in [0, 0.1) is 17.1 Å². The number of nitrogens with zero attached hydrogens (tertiary/aromatic N) is 1. The number of nitrogens with two attached hydrogens (primary N) is 1. The fourth-order valence-electron chi connectivity index (χ4n) is 1.74. The fourth-order valence-corrected chi connectivity index (χ4v) is 2.51. The zero-order valence-electron chi connectivity index (χ0n) is 12.2. The number of hydrogen-bond acceptors (Lipinski definition) is 5. The van der Waals surface area contributed by atoms with Crippen molar-refractivity contribution in [1.29, 1.82) is 5.26 Å². The van der Waals surface area contributed by atoms with E-state index in [1.807, 2.05) is 13.0 Å². The normalized spacial score (nSPS) is 13.3. The lowest BCUT2D eigenvalue weighted by molar-refractivity contribution is -0.140. The quantitative estimate of drug-likeness (QED) is 0.623. The minimum Gasteiger partial charge on any atom is -0.395 e. The third kappa shape index (κ3) is 4.09. The van der Waals surface area contributed by atoms with Crippen molar-refractivity contribution in [2.24, 2.45) is 0 Å². The maximum Gasteiger partial charge on any atom is 0.262 e. The summed E-state index contributed by atoms with van der Waals surface area (Å²) >= 11 is 0.923. The first-order valence-corrected chi connectivity index (χ1v) is 7.21. The maximum absolute atomic E-state index is 13.5. The van der Waals surface area contributed by atoms with Crippen molar-refractivity contribution < 1.29 is 13.9 Å². The van der Waals surface area contributed by atoms with Gasteiger partial charge in [-0.3, -0.25) is 9.52 Å². The van der Waals surface area contributed by atoms with Crippen LogP contribution in [0.2, 0.25) is 0 Å². The first kappa shape index (κ1) is 17.3. The number of halogens is 1. The molecule has 0 aliphatic rings. The zero-order chi connectivity index (χ0) is 16.0. The van der Waals surface area contributed by atoms with E-state index in [4.69, 9.17) is 15.7 Å². The van der Waals surface area contributed by atoms with E-state index in [1.165, 1.54) is 19.2 Å². The predicted molar refractivity (Wildman–Crippen MR) is 79.8 cm³/mol. The number of anilines is 1. The third-order valence-corrected chi connectivity index (χ3v) is 3.90. The fraction of sp³-hybridized carbons (Fsp3) is 0.429. The summed E-state index contributed by atoms with van der Waals surface area (Å²) in [5.74, 6) is -0.999. The summed E-state index contributed by atoms with van der Waals surface area (Å²) in [5.41, 5.74) is 4.34. The van der Waals surface area contributed by atoms with E-state index >= 15 is 0 Å². The van der Waals surface area contributed by atoms with Crippen molar-refractivity contribution in [1.82, 2.24) is 4.72 Å². The van der Waals surface area contributed by atoms with Crippen LogP contribution < -0.4 is 10.5 Å². The van der Waals surface area contributed by atoms with Gasteiger partial charge < -0.3 is 10.5 Å². The number of methoxy groups -OCH3 is 1. The van der Waals surface area contributed by atoms with Gasteiger partial charge in [0, 0.05) is 12.0 Å². The molecule has 1 aromatic rings. The summed E-state index contributed by atoms with van der Waals surface area (Å²) in [6.07, 6.45) is 1.35. The predicted octanol–water partition coefficient (Wildman–Crippen LogP) is 2.61. The van der Waals surface area contributed by atoms with E-state index in [-0.39, 0.29) is 17.2 Å². The molecule has 0 fully saturated rings. The van der Waals surface area contributed by atoms with E-state index in [1.54, 1.807) is 6.92 Å². The Bertz CT molecular complexity index is 574. The Kier molecular flexibility index (Phi) is 6.00. The van der Waals surface area contributed by atoms with Gasteiger partial charge >= 0.3 is 0 Å². The lowest BCUT2D eigenvalue weighted by Gasteiger charge is -2.25. The van der Waals surface area contributed by atoms with E-state index in [0.717, 1.165) is 18.4 Å². The lowest BCUT2D eigenvalue weighted by atomic mass is 10.00. The molecule has 0 saturated carbocycles. The smallest absolute Gasteiger partial charge is 0.262 e. The van der Waals surface area contributed by atoms with Crippen LogP contribution in [-0.4, -0.2) is 18.6 Å². The number of carbonyl (C=O) groups excluding carboxylic acids is 1. The van der Waals surface area contributed by atoms with Gasteiger partial charge in [-0.05, 0) is 37.4 Å². The van der Waals surface area contributed by atoms with Crippen molar-refractivity contribution in [2.75, 3.05) is 12.8 Å². The third-order valence-electron chi connectivity index (χ3n) is 3.14. The number of nitrogen functional groups attached to an aromatic ring is 1. The molecule has 0 aliphatic carbocycles. The highest BCUT2D eigenvalue weighted by atomic mass is 32.2. The Morgan fingerprint density at radius 1 is 1.62 bits per heavy atom. The molecule has 0 spiro atoms. The van der Waals surface area contributed by atoms with Gasteiger partial charge in [-0.2, -0.15) is 5.26 Å². The second-order valence-electron chi connectivity index (χ2n) is 4.70. The van der Waals surface area contributed by atoms with Crippen LogP contribution in [0.1, 0.15) is 32.3 Å². The molecule has 0 bridgehead atoms. The van der Waals surface area contributed by atoms with Crippen molar-refractivity contribution in [2.45, 2.75) is 37.2 Å². The molecule has 0 radical (unpaired) electrons. The molecular formula is C14H18FN3O2S. The molecule has 1 atom stereocenters. The molecule has 0 aromatic heterocycles. The number of amides is 1. The second-order valence-corrected chi connectivity index (χ2v) is 5.58. The van der Waals surface area contributed by atoms with Crippen molar-refractivity contribution in [3.05, 3.63) is 23.5 Å². The average Bonchev–Trinajstić information content (AvgIpc) is 2.47. The topological polar surface area (TPSA) is 88.1 Å². The molecule has 1 rings (SSSR count). The number of rotatable bonds is 6. The minimum absolute atomic E-state index is 0.0369. The molecule has 1 unspecified atom stereocenters. The highest BCUT2D eigenvalue weighted by molar-refractivity contribution is 7.98. The first-order valence-electron chi connectivity index (χ1n) is 6.39. The summed E-state index contributed by atoms with van der Waals surface area (Å²) in [5, 5.41) is 8.87. The summed E-state index contributed by atoms with van der Waals surface area (Å²) in [6, 6.07) is 4.41. The zero-order valence-corrected chi connectivity index (χ0v) is 13.0. The summed E-state index contributed by atoms with van der Waals surface area (Å²) < 4.78 is 21.4. The molecular weight excluding hydrogens is 293 g/mol. The van der Waals surface area contributed by atoms with Crippen LogP contribution in [0.4, 0.5) is 10.1 Å². The standard InChI is InChI=1S/C14H18FN3O2S/c1-4-5-14(2,20-3)13(19)18-21-10-6-9(8-16)12(17)11(15)7-10/h6-7H,4-5,17H2,1-3H3,(H,18,19). The second kappa shape index (κ2) is 7.29. The summed E-state index contributed by atoms with van der Waals surface area (Å²) in [6.45, 7) is 3.64. The van der Waals surface area contributed by atoms with E-state index in [9.17, 15) is 9.18 Å². The average molecular weight is 311 g/mol. The van der Waals surface area contributed by atoms with Gasteiger partial charge in [-0.15, -0.1) is 0 Å². The van der Waals surface area contributed by atoms with E-state index in [2.05, 4.69) is 4.72 Å². The summed E-state index contributed by atoms with van der Waals surface area (Å²) in [7, 11) is 1.47. The SMILES string of the molecule is CCCC(C)(OC)C(=O)NSc1cc(F)c(N)c(C#N)c1. The number of hydrogen-bond donors (Lipinski definition) is 2. The minimum atomic E-state index is -0.938. The molecule has 114 valence electrons. The number of nitriles is 1. The van der Waals surface area contributed by atoms with Crippen LogP contribution >= 0.6 is 11.9 Å². The highest BCUT2D eigenvalue weighted by Gasteiger charge is 2.32. The van der Waals surface area contributed by atoms with Gasteiger partial charge in [0.1, 0.15) is 17.5 Å². The molecule has 0 aliphatic heterocycles. The molecule has 1 aromatic carbocycles. The van der Waals surface area contributed by atoms with Gasteiger partial charge in [0.05, 0.1) is 11.3 Å².